The van der Waals surface area contributed by atoms with E-state index in [2.05, 4.69) is 11.4 Å². The minimum atomic E-state index is -0.536. The number of rotatable bonds is 5. The smallest absolute Gasteiger partial charge is 0.241 e. The van der Waals surface area contributed by atoms with Crippen molar-refractivity contribution >= 4 is 23.2 Å². The summed E-state index contributed by atoms with van der Waals surface area (Å²) in [6, 6.07) is 14.9. The van der Waals surface area contributed by atoms with E-state index in [1.807, 2.05) is 61.2 Å². The van der Waals surface area contributed by atoms with Crippen molar-refractivity contribution in [1.82, 2.24) is 0 Å². The molecule has 0 aromatic heterocycles. The molecule has 2 aromatic carbocycles. The zero-order chi connectivity index (χ0) is 18.7. The molecule has 3 rings (SSSR count). The maximum Gasteiger partial charge on any atom is 0.241 e. The van der Waals surface area contributed by atoms with Gasteiger partial charge in [-0.05, 0) is 41.7 Å². The first-order valence-electron chi connectivity index (χ1n) is 8.99. The molecule has 1 aliphatic rings. The van der Waals surface area contributed by atoms with Gasteiger partial charge in [0.2, 0.25) is 11.8 Å². The van der Waals surface area contributed by atoms with Crippen LogP contribution in [0.1, 0.15) is 25.0 Å². The van der Waals surface area contributed by atoms with Crippen LogP contribution in [-0.2, 0) is 22.4 Å². The van der Waals surface area contributed by atoms with Crippen LogP contribution in [0.2, 0.25) is 0 Å². The van der Waals surface area contributed by atoms with Gasteiger partial charge in [0.25, 0.3) is 0 Å². The van der Waals surface area contributed by atoms with Crippen molar-refractivity contribution in [3.63, 3.8) is 0 Å². The molecule has 1 heterocycles. The quantitative estimate of drug-likeness (QED) is 0.870. The summed E-state index contributed by atoms with van der Waals surface area (Å²) in [5, 5.41) is 2.81. The molecule has 1 aliphatic heterocycles. The monoisotopic (exact) mass is 351 g/mol. The molecule has 5 heteroatoms. The average molecular weight is 351 g/mol. The lowest BCUT2D eigenvalue weighted by Crippen LogP contribution is -2.39. The predicted molar refractivity (Wildman–Crippen MR) is 104 cm³/mol. The van der Waals surface area contributed by atoms with E-state index in [0.717, 1.165) is 24.2 Å². The van der Waals surface area contributed by atoms with E-state index in [9.17, 15) is 9.59 Å². The van der Waals surface area contributed by atoms with Crippen LogP contribution in [0, 0.1) is 5.92 Å². The van der Waals surface area contributed by atoms with Crippen molar-refractivity contribution in [1.29, 1.82) is 0 Å². The third kappa shape index (κ3) is 3.94. The van der Waals surface area contributed by atoms with Gasteiger partial charge in [0.05, 0.1) is 12.5 Å². The van der Waals surface area contributed by atoms with Gasteiger partial charge in [-0.3, -0.25) is 9.59 Å². The molecule has 2 amide bonds. The molecule has 3 N–H and O–H groups in total. The van der Waals surface area contributed by atoms with Crippen molar-refractivity contribution in [3.8, 4) is 0 Å². The fraction of sp³-hybridized carbons (Fsp3) is 0.333. The number of nitrogens with zero attached hydrogens (tertiary/aromatic N) is 1. The van der Waals surface area contributed by atoms with Gasteiger partial charge in [0.1, 0.15) is 0 Å². The number of nitrogens with one attached hydrogen (secondary N) is 1. The zero-order valence-electron chi connectivity index (χ0n) is 15.2. The van der Waals surface area contributed by atoms with Gasteiger partial charge in [-0.15, -0.1) is 0 Å². The number of hydrogen-bond acceptors (Lipinski definition) is 3. The molecule has 0 spiro atoms. The van der Waals surface area contributed by atoms with Crippen LogP contribution in [0.4, 0.5) is 11.4 Å². The number of anilines is 2. The summed E-state index contributed by atoms with van der Waals surface area (Å²) in [4.78, 5) is 26.5. The molecule has 0 saturated heterocycles. The van der Waals surface area contributed by atoms with Crippen LogP contribution in [0.15, 0.2) is 48.5 Å². The molecule has 0 unspecified atom stereocenters. The molecule has 0 fully saturated rings. The van der Waals surface area contributed by atoms with E-state index in [1.165, 1.54) is 5.56 Å². The Balaban J connectivity index is 1.61. The molecule has 136 valence electrons. The van der Waals surface area contributed by atoms with Crippen molar-refractivity contribution in [2.24, 2.45) is 11.7 Å². The number of nitrogens with two attached hydrogens (primary N) is 1. The maximum atomic E-state index is 12.6. The minimum absolute atomic E-state index is 0.0789. The number of fused-ring (bicyclic) bond motifs is 1. The third-order valence-corrected chi connectivity index (χ3v) is 4.79. The number of hydrogen-bond donors (Lipinski definition) is 2. The van der Waals surface area contributed by atoms with E-state index >= 15 is 0 Å². The molecule has 0 saturated carbocycles. The van der Waals surface area contributed by atoms with E-state index in [1.54, 1.807) is 0 Å². The average Bonchev–Trinajstić information content (AvgIpc) is 3.06. The topological polar surface area (TPSA) is 75.4 Å². The van der Waals surface area contributed by atoms with Crippen molar-refractivity contribution < 1.29 is 9.59 Å². The van der Waals surface area contributed by atoms with Crippen LogP contribution in [0.3, 0.4) is 0 Å². The molecule has 0 radical (unpaired) electrons. The van der Waals surface area contributed by atoms with Crippen LogP contribution in [-0.4, -0.2) is 24.4 Å². The Labute approximate surface area is 154 Å². The summed E-state index contributed by atoms with van der Waals surface area (Å²) in [5.74, 6) is -0.0266. The second-order valence-corrected chi connectivity index (χ2v) is 7.06. The standard InChI is InChI=1S/C21H25N3O2/c1-14(2)20(22)21(26)23-17-9-7-15(8-10-17)13-19(25)24-12-11-16-5-3-4-6-18(16)24/h3-10,14,20H,11-13,22H2,1-2H3,(H,23,26)/t20-/m0/s1. The summed E-state index contributed by atoms with van der Waals surface area (Å²) in [5.41, 5.74) is 9.70. The molecule has 26 heavy (non-hydrogen) atoms. The maximum absolute atomic E-state index is 12.6. The van der Waals surface area contributed by atoms with Gasteiger partial charge < -0.3 is 16.0 Å². The van der Waals surface area contributed by atoms with Crippen molar-refractivity contribution in [2.75, 3.05) is 16.8 Å². The summed E-state index contributed by atoms with van der Waals surface area (Å²) >= 11 is 0. The Morgan fingerprint density at radius 1 is 1.12 bits per heavy atom. The highest BCUT2D eigenvalue weighted by atomic mass is 16.2. The summed E-state index contributed by atoms with van der Waals surface area (Å²) in [6.07, 6.45) is 1.25. The van der Waals surface area contributed by atoms with Gasteiger partial charge in [-0.2, -0.15) is 0 Å². The van der Waals surface area contributed by atoms with Gasteiger partial charge in [-0.25, -0.2) is 0 Å². The second kappa shape index (κ2) is 7.70. The van der Waals surface area contributed by atoms with Gasteiger partial charge in [0, 0.05) is 17.9 Å². The Bertz CT molecular complexity index is 799. The Morgan fingerprint density at radius 2 is 1.81 bits per heavy atom. The second-order valence-electron chi connectivity index (χ2n) is 7.06. The fourth-order valence-corrected chi connectivity index (χ4v) is 3.10. The SMILES string of the molecule is CC(C)[C@H](N)C(=O)Nc1ccc(CC(=O)N2CCc3ccccc32)cc1. The lowest BCUT2D eigenvalue weighted by molar-refractivity contribution is -0.118. The third-order valence-electron chi connectivity index (χ3n) is 4.79. The number of carbonyl (C=O) groups excluding carboxylic acids is 2. The predicted octanol–water partition coefficient (Wildman–Crippen LogP) is 2.74. The van der Waals surface area contributed by atoms with E-state index in [4.69, 9.17) is 5.73 Å². The summed E-state index contributed by atoms with van der Waals surface area (Å²) < 4.78 is 0. The lowest BCUT2D eigenvalue weighted by Gasteiger charge is -2.18. The highest BCUT2D eigenvalue weighted by Crippen LogP contribution is 2.28. The lowest BCUT2D eigenvalue weighted by atomic mass is 10.0. The normalized spacial score (nSPS) is 14.2. The number of carbonyl (C=O) groups is 2. The Morgan fingerprint density at radius 3 is 2.50 bits per heavy atom. The highest BCUT2D eigenvalue weighted by Gasteiger charge is 2.24. The molecular weight excluding hydrogens is 326 g/mol. The molecule has 1 atom stereocenters. The van der Waals surface area contributed by atoms with Crippen LogP contribution >= 0.6 is 0 Å². The first kappa shape index (κ1) is 18.1. The largest absolute Gasteiger partial charge is 0.325 e. The van der Waals surface area contributed by atoms with Crippen molar-refractivity contribution in [2.45, 2.75) is 32.7 Å². The fourth-order valence-electron chi connectivity index (χ4n) is 3.10. The van der Waals surface area contributed by atoms with Gasteiger partial charge >= 0.3 is 0 Å². The minimum Gasteiger partial charge on any atom is -0.325 e. The Hall–Kier alpha value is -2.66. The van der Waals surface area contributed by atoms with Crippen LogP contribution in [0.25, 0.3) is 0 Å². The molecular formula is C21H25N3O2. The molecule has 0 bridgehead atoms. The number of amides is 2. The van der Waals surface area contributed by atoms with E-state index in [-0.39, 0.29) is 17.7 Å². The molecule has 0 aliphatic carbocycles. The van der Waals surface area contributed by atoms with Crippen molar-refractivity contribution in [3.05, 3.63) is 59.7 Å². The summed E-state index contributed by atoms with van der Waals surface area (Å²) in [7, 11) is 0. The molecule has 5 nitrogen and oxygen atoms in total. The highest BCUT2D eigenvalue weighted by molar-refractivity contribution is 5.97. The Kier molecular flexibility index (Phi) is 5.38. The zero-order valence-corrected chi connectivity index (χ0v) is 15.2. The first-order valence-corrected chi connectivity index (χ1v) is 8.99. The first-order chi connectivity index (χ1) is 12.5. The van der Waals surface area contributed by atoms with Crippen LogP contribution in [0.5, 0.6) is 0 Å². The van der Waals surface area contributed by atoms with E-state index < -0.39 is 6.04 Å². The van der Waals surface area contributed by atoms with Crippen LogP contribution < -0.4 is 16.0 Å². The molecule has 2 aromatic rings. The van der Waals surface area contributed by atoms with E-state index in [0.29, 0.717) is 12.1 Å². The number of para-hydroxylation sites is 1. The summed E-state index contributed by atoms with van der Waals surface area (Å²) in [6.45, 7) is 4.56. The number of benzene rings is 2. The van der Waals surface area contributed by atoms with Gasteiger partial charge in [0.15, 0.2) is 0 Å². The van der Waals surface area contributed by atoms with Gasteiger partial charge in [-0.1, -0.05) is 44.2 Å².